The first-order chi connectivity index (χ1) is 63.4. The average Bonchev–Trinajstić information content (AvgIpc) is 0.746. The standard InChI is InChI=1S/C63H39N5.C54H35N5S/c1-2-6-46(7-3-1)61-55-8-4-5-9-58(55)68-63-56(61)24-22-47-23-25-57(67-62(47)63)51-21-20-49-34-52-36-50(19-18-48(52)35-53(49)37-51)54-38-59(44-14-10-40(11-15-44)42-26-30-64-31-27-42)66-60(39-54)45-16-12-41(13-17-45)43-28-32-65-33-29-43;1-2-7-42(8-3-1)52-46-10-4-5-11-48(46)58-54-47(52)22-20-43-21-23-51(59-53(43)54)60-32-6-9-44(35-60)45-33-49(40-16-12-36(13-17-40)38-24-28-55-29-25-38)57-50(34-45)41-18-14-37(15-19-41)39-26-30-56-31-27-39/h1-39H;1-35H. The van der Waals surface area contributed by atoms with Gasteiger partial charge in [0.15, 0.2) is 0 Å². The third-order valence-electron chi connectivity index (χ3n) is 24.3. The summed E-state index contributed by atoms with van der Waals surface area (Å²) in [6, 6.07) is 133. The van der Waals surface area contributed by atoms with E-state index in [9.17, 15) is 0 Å². The number of benzene rings is 13. The summed E-state index contributed by atoms with van der Waals surface area (Å²) in [6.45, 7) is 0. The lowest BCUT2D eigenvalue weighted by atomic mass is 9.94. The lowest BCUT2D eigenvalue weighted by Gasteiger charge is -2.15. The highest BCUT2D eigenvalue weighted by molar-refractivity contribution is 8.18. The predicted octanol–water partition coefficient (Wildman–Crippen LogP) is 29.6. The lowest BCUT2D eigenvalue weighted by molar-refractivity contribution is 1.20. The van der Waals surface area contributed by atoms with Gasteiger partial charge < -0.3 is 0 Å². The Morgan fingerprint density at radius 1 is 0.188 bits per heavy atom. The minimum atomic E-state index is -0.400. The Bertz CT molecular complexity index is 8150. The van der Waals surface area contributed by atoms with Gasteiger partial charge in [-0.05, 0) is 232 Å². The normalized spacial score (nSPS) is 12.5. The Kier molecular flexibility index (Phi) is 19.7. The van der Waals surface area contributed by atoms with Gasteiger partial charge in [0.25, 0.3) is 0 Å². The van der Waals surface area contributed by atoms with Crippen molar-refractivity contribution in [1.82, 2.24) is 49.8 Å². The Balaban J connectivity index is 0.000000148. The first-order valence-electron chi connectivity index (χ1n) is 42.7. The maximum Gasteiger partial charge on any atom is 0.0979 e. The van der Waals surface area contributed by atoms with E-state index in [1.165, 1.54) is 38.4 Å². The monoisotopic (exact) mass is 1650 g/mol. The van der Waals surface area contributed by atoms with E-state index < -0.39 is 10.5 Å². The van der Waals surface area contributed by atoms with Crippen LogP contribution in [0.3, 0.4) is 0 Å². The molecule has 1 aliphatic rings. The Hall–Kier alpha value is -16.9. The van der Waals surface area contributed by atoms with Crippen LogP contribution in [0.4, 0.5) is 0 Å². The van der Waals surface area contributed by atoms with Crippen LogP contribution in [-0.2, 0) is 0 Å². The number of nitrogens with zero attached hydrogens (tertiary/aromatic N) is 10. The van der Waals surface area contributed by atoms with Gasteiger partial charge in [-0.15, -0.1) is 10.5 Å². The van der Waals surface area contributed by atoms with Crippen molar-refractivity contribution in [3.05, 3.63) is 449 Å². The minimum Gasteiger partial charge on any atom is -0.265 e. The van der Waals surface area contributed by atoms with Crippen LogP contribution in [0.5, 0.6) is 0 Å². The molecule has 0 saturated heterocycles. The van der Waals surface area contributed by atoms with E-state index in [1.807, 2.05) is 98.1 Å². The van der Waals surface area contributed by atoms with E-state index in [0.717, 1.165) is 199 Å². The quantitative estimate of drug-likeness (QED) is 0.0589. The maximum atomic E-state index is 5.41. The number of pyridine rings is 10. The molecule has 10 aromatic heterocycles. The van der Waals surface area contributed by atoms with Gasteiger partial charge in [0.1, 0.15) is 0 Å². The summed E-state index contributed by atoms with van der Waals surface area (Å²) >= 11 is 0. The number of para-hydroxylation sites is 2. The number of hydrogen-bond acceptors (Lipinski definition) is 10. The van der Waals surface area contributed by atoms with Crippen molar-refractivity contribution in [2.75, 3.05) is 0 Å². The van der Waals surface area contributed by atoms with Gasteiger partial charge in [0.2, 0.25) is 0 Å². The average molecular weight is 1650 g/mol. The van der Waals surface area contributed by atoms with Crippen molar-refractivity contribution in [2.45, 2.75) is 5.03 Å². The van der Waals surface area contributed by atoms with Crippen molar-refractivity contribution >= 4 is 108 Å². The number of hydrogen-bond donors (Lipinski definition) is 0. The minimum absolute atomic E-state index is 0.400. The molecule has 0 aliphatic carbocycles. The molecule has 1 aliphatic heterocycles. The van der Waals surface area contributed by atoms with Gasteiger partial charge in [-0.2, -0.15) is 0 Å². The van der Waals surface area contributed by atoms with Crippen molar-refractivity contribution in [3.8, 4) is 134 Å². The molecule has 1 unspecified atom stereocenters. The molecule has 0 amide bonds. The molecule has 598 valence electrons. The SMILES string of the molecule is C1=CS(c2ccc3ccc4c(-c5ccccc5)c5ccccc5nc4c3n2)=CC(c2cc(-c3ccc(-c4ccncc4)cc3)nc(-c3ccc(-c4ccncc4)cc3)c2)=C1.c1ccc(-c2c3ccccc3nc3c2ccc2ccc(-c4ccc5cc6cc(-c7cc(-c8ccc(-c9ccncc9)cc8)nc(-c8ccc(-c9ccncc9)cc8)c7)ccc6cc5c4)nc23)cc1. The van der Waals surface area contributed by atoms with Crippen molar-refractivity contribution < 1.29 is 0 Å². The van der Waals surface area contributed by atoms with Gasteiger partial charge in [-0.25, -0.2) is 29.9 Å². The van der Waals surface area contributed by atoms with E-state index in [4.69, 9.17) is 29.9 Å². The van der Waals surface area contributed by atoms with Gasteiger partial charge in [-0.3, -0.25) is 19.9 Å². The molecule has 0 spiro atoms. The highest BCUT2D eigenvalue weighted by Gasteiger charge is 2.21. The smallest absolute Gasteiger partial charge is 0.0979 e. The Labute approximate surface area is 741 Å². The highest BCUT2D eigenvalue weighted by Crippen LogP contribution is 2.44. The van der Waals surface area contributed by atoms with Crippen LogP contribution in [0.15, 0.2) is 448 Å². The van der Waals surface area contributed by atoms with Crippen LogP contribution in [-0.4, -0.2) is 55.2 Å². The van der Waals surface area contributed by atoms with Crippen LogP contribution in [0, 0.1) is 0 Å². The van der Waals surface area contributed by atoms with E-state index in [-0.39, 0.29) is 0 Å². The van der Waals surface area contributed by atoms with Crippen LogP contribution < -0.4 is 0 Å². The number of rotatable bonds is 14. The molecule has 10 nitrogen and oxygen atoms in total. The number of allylic oxidation sites excluding steroid dienone is 3. The topological polar surface area (TPSA) is 129 Å². The van der Waals surface area contributed by atoms with Crippen molar-refractivity contribution in [1.29, 1.82) is 0 Å². The van der Waals surface area contributed by atoms with Crippen LogP contribution in [0.1, 0.15) is 5.56 Å². The molecule has 11 heterocycles. The molecule has 128 heavy (non-hydrogen) atoms. The fourth-order valence-electron chi connectivity index (χ4n) is 17.8. The van der Waals surface area contributed by atoms with Crippen molar-refractivity contribution in [2.24, 2.45) is 0 Å². The predicted molar refractivity (Wildman–Crippen MR) is 532 cm³/mol. The molecule has 0 bridgehead atoms. The van der Waals surface area contributed by atoms with E-state index in [2.05, 4.69) is 370 Å². The molecule has 11 heteroatoms. The fourth-order valence-corrected chi connectivity index (χ4v) is 19.2. The van der Waals surface area contributed by atoms with Gasteiger partial charge >= 0.3 is 0 Å². The second kappa shape index (κ2) is 33.1. The van der Waals surface area contributed by atoms with Crippen molar-refractivity contribution in [3.63, 3.8) is 0 Å². The molecule has 0 fully saturated rings. The summed E-state index contributed by atoms with van der Waals surface area (Å²) in [4.78, 5) is 48.6. The fraction of sp³-hybridized carbons (Fsp3) is 0. The van der Waals surface area contributed by atoms with Crippen LogP contribution in [0.25, 0.3) is 227 Å². The summed E-state index contributed by atoms with van der Waals surface area (Å²) in [5, 5.41) is 16.9. The third kappa shape index (κ3) is 14.9. The molecule has 24 rings (SSSR count). The Morgan fingerprint density at radius 3 is 0.984 bits per heavy atom. The molecule has 0 radical (unpaired) electrons. The zero-order valence-corrected chi connectivity index (χ0v) is 69.9. The second-order valence-electron chi connectivity index (χ2n) is 32.1. The largest absolute Gasteiger partial charge is 0.265 e. The number of aromatic nitrogens is 10. The zero-order valence-electron chi connectivity index (χ0n) is 69.1. The second-order valence-corrected chi connectivity index (χ2v) is 33.7. The van der Waals surface area contributed by atoms with Crippen LogP contribution >= 0.6 is 10.5 Å². The van der Waals surface area contributed by atoms with Crippen LogP contribution in [0.2, 0.25) is 0 Å². The van der Waals surface area contributed by atoms with E-state index in [0.29, 0.717) is 0 Å². The highest BCUT2D eigenvalue weighted by atomic mass is 32.2. The summed E-state index contributed by atoms with van der Waals surface area (Å²) in [6.07, 6.45) is 19.0. The van der Waals surface area contributed by atoms with E-state index >= 15 is 0 Å². The first kappa shape index (κ1) is 76.1. The summed E-state index contributed by atoms with van der Waals surface area (Å²) in [7, 11) is -0.400. The molecule has 0 saturated carbocycles. The first-order valence-corrected chi connectivity index (χ1v) is 44.1. The summed E-state index contributed by atoms with van der Waals surface area (Å²) < 4.78 is 0. The van der Waals surface area contributed by atoms with Gasteiger partial charge in [0, 0.05) is 121 Å². The molecule has 13 aromatic carbocycles. The molecule has 1 atom stereocenters. The molecular formula is C117H74N10S. The van der Waals surface area contributed by atoms with E-state index in [1.54, 1.807) is 0 Å². The zero-order chi connectivity index (χ0) is 84.8. The summed E-state index contributed by atoms with van der Waals surface area (Å²) in [5.74, 6) is 0. The van der Waals surface area contributed by atoms with Gasteiger partial charge in [0.05, 0.1) is 66.6 Å². The molecular weight excluding hydrogens is 1580 g/mol. The number of fused-ring (bicyclic) bond motifs is 10. The molecule has 23 aromatic rings. The maximum absolute atomic E-state index is 5.41. The van der Waals surface area contributed by atoms with Gasteiger partial charge in [-0.1, -0.05) is 267 Å². The third-order valence-corrected chi connectivity index (χ3v) is 26.0. The molecule has 0 N–H and O–H groups in total. The Morgan fingerprint density at radius 2 is 0.539 bits per heavy atom. The lowest BCUT2D eigenvalue weighted by Crippen LogP contribution is -1.97. The summed E-state index contributed by atoms with van der Waals surface area (Å²) in [5.41, 5.74) is 33.6.